The minimum atomic E-state index is 0.786. The van der Waals surface area contributed by atoms with Crippen LogP contribution in [0.3, 0.4) is 0 Å². The second-order valence-electron chi connectivity index (χ2n) is 2.72. The summed E-state index contributed by atoms with van der Waals surface area (Å²) in [5.41, 5.74) is 0. The van der Waals surface area contributed by atoms with E-state index in [1.165, 1.54) is 0 Å². The van der Waals surface area contributed by atoms with Crippen LogP contribution in [0.15, 0.2) is 67.0 Å². The van der Waals surface area contributed by atoms with Gasteiger partial charge in [-0.1, -0.05) is 36.9 Å². The molecule has 0 bridgehead atoms. The smallest absolute Gasteiger partial charge is 0.127 e. The van der Waals surface area contributed by atoms with Gasteiger partial charge in [-0.3, -0.25) is 0 Å². The fourth-order valence-corrected chi connectivity index (χ4v) is 1.03. The van der Waals surface area contributed by atoms with E-state index in [0.29, 0.717) is 0 Å². The Kier molecular flexibility index (Phi) is 4.29. The number of allylic oxidation sites excluding steroid dienone is 4. The van der Waals surface area contributed by atoms with E-state index in [1.807, 2.05) is 55.5 Å². The number of ether oxygens (including phenoxy) is 1. The molecule has 1 aromatic rings. The third-order valence-electron chi connectivity index (χ3n) is 1.59. The molecule has 1 heteroatoms. The largest absolute Gasteiger partial charge is 0.457 e. The zero-order valence-corrected chi connectivity index (χ0v) is 8.31. The number of para-hydroxylation sites is 1. The maximum absolute atomic E-state index is 5.60. The summed E-state index contributed by atoms with van der Waals surface area (Å²) in [7, 11) is 0. The molecule has 0 unspecified atom stereocenters. The Morgan fingerprint density at radius 1 is 1.29 bits per heavy atom. The molecule has 0 atom stereocenters. The van der Waals surface area contributed by atoms with Crippen LogP contribution >= 0.6 is 0 Å². The quantitative estimate of drug-likeness (QED) is 0.514. The average Bonchev–Trinajstić information content (AvgIpc) is 2.20. The van der Waals surface area contributed by atoms with E-state index in [2.05, 4.69) is 6.58 Å². The van der Waals surface area contributed by atoms with Gasteiger partial charge in [0, 0.05) is 0 Å². The summed E-state index contributed by atoms with van der Waals surface area (Å²) in [5, 5.41) is 0. The van der Waals surface area contributed by atoms with E-state index >= 15 is 0 Å². The van der Waals surface area contributed by atoms with E-state index < -0.39 is 0 Å². The summed E-state index contributed by atoms with van der Waals surface area (Å²) < 4.78 is 5.60. The Hall–Kier alpha value is -1.76. The number of rotatable bonds is 4. The normalized spacial score (nSPS) is 11.6. The van der Waals surface area contributed by atoms with Gasteiger partial charge in [-0.2, -0.15) is 0 Å². The number of hydrogen-bond acceptors (Lipinski definition) is 1. The zero-order chi connectivity index (χ0) is 10.2. The topological polar surface area (TPSA) is 9.23 Å². The second-order valence-corrected chi connectivity index (χ2v) is 2.72. The predicted octanol–water partition coefficient (Wildman–Crippen LogP) is 3.71. The van der Waals surface area contributed by atoms with Crippen molar-refractivity contribution >= 4 is 0 Å². The SMILES string of the molecule is C=C/C=C(\C=CC)Oc1ccccc1. The molecule has 1 nitrogen and oxygen atoms in total. The molecule has 0 aliphatic heterocycles. The summed E-state index contributed by atoms with van der Waals surface area (Å²) in [6.07, 6.45) is 7.36. The molecule has 0 fully saturated rings. The molecule has 14 heavy (non-hydrogen) atoms. The van der Waals surface area contributed by atoms with Gasteiger partial charge in [0.25, 0.3) is 0 Å². The Balaban J connectivity index is 2.75. The van der Waals surface area contributed by atoms with Crippen molar-refractivity contribution in [2.75, 3.05) is 0 Å². The molecule has 1 rings (SSSR count). The first-order valence-corrected chi connectivity index (χ1v) is 4.55. The number of benzene rings is 1. The predicted molar refractivity (Wildman–Crippen MR) is 60.2 cm³/mol. The van der Waals surface area contributed by atoms with Gasteiger partial charge in [0.2, 0.25) is 0 Å². The van der Waals surface area contributed by atoms with Crippen LogP contribution in [0.25, 0.3) is 0 Å². The van der Waals surface area contributed by atoms with E-state index in [-0.39, 0.29) is 0 Å². The van der Waals surface area contributed by atoms with Gasteiger partial charge in [-0.25, -0.2) is 0 Å². The van der Waals surface area contributed by atoms with E-state index in [4.69, 9.17) is 4.74 Å². The first-order chi connectivity index (χ1) is 6.86. The molecule has 0 heterocycles. The molecule has 0 saturated heterocycles. The van der Waals surface area contributed by atoms with Crippen molar-refractivity contribution in [2.24, 2.45) is 0 Å². The zero-order valence-electron chi connectivity index (χ0n) is 8.31. The molecular formula is C13H14O. The third kappa shape index (κ3) is 3.31. The molecule has 0 saturated carbocycles. The highest BCUT2D eigenvalue weighted by molar-refractivity contribution is 5.27. The highest BCUT2D eigenvalue weighted by atomic mass is 16.5. The minimum Gasteiger partial charge on any atom is -0.457 e. The van der Waals surface area contributed by atoms with E-state index in [9.17, 15) is 0 Å². The van der Waals surface area contributed by atoms with E-state index in [0.717, 1.165) is 11.5 Å². The molecule has 0 aliphatic rings. The van der Waals surface area contributed by atoms with Crippen LogP contribution in [0.5, 0.6) is 5.75 Å². The summed E-state index contributed by atoms with van der Waals surface area (Å²) in [6, 6.07) is 9.67. The Morgan fingerprint density at radius 3 is 2.57 bits per heavy atom. The average molecular weight is 186 g/mol. The van der Waals surface area contributed by atoms with Crippen molar-refractivity contribution in [3.63, 3.8) is 0 Å². The lowest BCUT2D eigenvalue weighted by molar-refractivity contribution is 0.444. The van der Waals surface area contributed by atoms with Crippen LogP contribution in [0.4, 0.5) is 0 Å². The Morgan fingerprint density at radius 2 is 2.00 bits per heavy atom. The van der Waals surface area contributed by atoms with Crippen molar-refractivity contribution in [1.82, 2.24) is 0 Å². The molecule has 0 radical (unpaired) electrons. The van der Waals surface area contributed by atoms with Gasteiger partial charge in [0.1, 0.15) is 11.5 Å². The van der Waals surface area contributed by atoms with Crippen molar-refractivity contribution < 1.29 is 4.74 Å². The maximum Gasteiger partial charge on any atom is 0.127 e. The monoisotopic (exact) mass is 186 g/mol. The summed E-state index contributed by atoms with van der Waals surface area (Å²) in [5.74, 6) is 1.62. The van der Waals surface area contributed by atoms with Crippen LogP contribution < -0.4 is 4.74 Å². The van der Waals surface area contributed by atoms with Gasteiger partial charge >= 0.3 is 0 Å². The molecule has 0 N–H and O–H groups in total. The van der Waals surface area contributed by atoms with Crippen molar-refractivity contribution in [3.05, 3.63) is 67.0 Å². The fraction of sp³-hybridized carbons (Fsp3) is 0.0769. The van der Waals surface area contributed by atoms with Crippen LogP contribution in [0.2, 0.25) is 0 Å². The summed E-state index contributed by atoms with van der Waals surface area (Å²) >= 11 is 0. The Labute approximate surface area is 85.0 Å². The van der Waals surface area contributed by atoms with Crippen LogP contribution in [0.1, 0.15) is 6.92 Å². The van der Waals surface area contributed by atoms with Crippen LogP contribution in [-0.2, 0) is 0 Å². The molecular weight excluding hydrogens is 172 g/mol. The van der Waals surface area contributed by atoms with Gasteiger partial charge in [0.15, 0.2) is 0 Å². The summed E-state index contributed by atoms with van der Waals surface area (Å²) in [6.45, 7) is 5.58. The first kappa shape index (κ1) is 10.3. The lowest BCUT2D eigenvalue weighted by Gasteiger charge is -2.04. The summed E-state index contributed by atoms with van der Waals surface area (Å²) in [4.78, 5) is 0. The highest BCUT2D eigenvalue weighted by Gasteiger charge is 1.93. The lowest BCUT2D eigenvalue weighted by Crippen LogP contribution is -1.90. The minimum absolute atomic E-state index is 0.786. The van der Waals surface area contributed by atoms with Crippen molar-refractivity contribution in [2.45, 2.75) is 6.92 Å². The van der Waals surface area contributed by atoms with Crippen LogP contribution in [-0.4, -0.2) is 0 Å². The maximum atomic E-state index is 5.60. The first-order valence-electron chi connectivity index (χ1n) is 4.55. The second kappa shape index (κ2) is 5.81. The standard InChI is InChI=1S/C13H14O/c1-3-8-12(9-4-2)14-13-10-6-5-7-11-13/h3-11H,1H2,2H3/b9-4?,12-8+. The van der Waals surface area contributed by atoms with Crippen LogP contribution in [0, 0.1) is 0 Å². The third-order valence-corrected chi connectivity index (χ3v) is 1.59. The van der Waals surface area contributed by atoms with Gasteiger partial charge in [0.05, 0.1) is 0 Å². The Bertz CT molecular complexity index is 334. The van der Waals surface area contributed by atoms with E-state index in [1.54, 1.807) is 6.08 Å². The highest BCUT2D eigenvalue weighted by Crippen LogP contribution is 2.13. The van der Waals surface area contributed by atoms with Gasteiger partial charge in [-0.15, -0.1) is 0 Å². The fourth-order valence-electron chi connectivity index (χ4n) is 1.03. The van der Waals surface area contributed by atoms with Crippen molar-refractivity contribution in [1.29, 1.82) is 0 Å². The van der Waals surface area contributed by atoms with Gasteiger partial charge in [-0.05, 0) is 31.2 Å². The van der Waals surface area contributed by atoms with Gasteiger partial charge < -0.3 is 4.74 Å². The molecule has 0 spiro atoms. The number of hydrogen-bond donors (Lipinski definition) is 0. The molecule has 0 aliphatic carbocycles. The molecule has 1 aromatic carbocycles. The molecule has 72 valence electrons. The van der Waals surface area contributed by atoms with Crippen molar-refractivity contribution in [3.8, 4) is 5.75 Å². The molecule has 0 aromatic heterocycles. The lowest BCUT2D eigenvalue weighted by atomic mass is 10.3. The molecule has 0 amide bonds.